The number of nitrogens with one attached hydrogen (secondary N) is 1. The molecular formula is C17H20N2O5. The molecule has 2 N–H and O–H groups in total. The molecule has 0 saturated heterocycles. The van der Waals surface area contributed by atoms with Crippen LogP contribution in [0.25, 0.3) is 0 Å². The van der Waals surface area contributed by atoms with Crippen LogP contribution in [-0.4, -0.2) is 37.2 Å². The lowest BCUT2D eigenvalue weighted by atomic mass is 9.82. The predicted octanol–water partition coefficient (Wildman–Crippen LogP) is 2.49. The van der Waals surface area contributed by atoms with Gasteiger partial charge in [0.15, 0.2) is 0 Å². The van der Waals surface area contributed by atoms with Gasteiger partial charge < -0.3 is 15.2 Å². The number of hydrogen-bond acceptors (Lipinski definition) is 4. The molecule has 0 aromatic heterocycles. The summed E-state index contributed by atoms with van der Waals surface area (Å²) in [6.45, 7) is 0. The number of ether oxygens (including phenoxy) is 1. The Kier molecular flexibility index (Phi) is 5.57. The van der Waals surface area contributed by atoms with Crippen molar-refractivity contribution in [1.29, 1.82) is 0 Å². The first kappa shape index (κ1) is 17.5. The van der Waals surface area contributed by atoms with E-state index in [-0.39, 0.29) is 5.91 Å². The molecule has 0 radical (unpaired) electrons. The van der Waals surface area contributed by atoms with Gasteiger partial charge in [-0.1, -0.05) is 12.2 Å². The number of allylic oxidation sites excluding steroid dienone is 2. The van der Waals surface area contributed by atoms with Crippen LogP contribution in [0.2, 0.25) is 0 Å². The van der Waals surface area contributed by atoms with Crippen LogP contribution in [0, 0.1) is 11.8 Å². The predicted molar refractivity (Wildman–Crippen MR) is 88.9 cm³/mol. The van der Waals surface area contributed by atoms with E-state index in [9.17, 15) is 19.5 Å². The third-order valence-electron chi connectivity index (χ3n) is 4.06. The number of anilines is 2. The van der Waals surface area contributed by atoms with Crippen LogP contribution in [0.3, 0.4) is 0 Å². The second-order valence-electron chi connectivity index (χ2n) is 5.56. The van der Waals surface area contributed by atoms with Gasteiger partial charge in [0.05, 0.1) is 18.9 Å². The maximum atomic E-state index is 12.4. The van der Waals surface area contributed by atoms with E-state index >= 15 is 0 Å². The lowest BCUT2D eigenvalue weighted by molar-refractivity contribution is -0.146. The Bertz CT molecular complexity index is 653. The molecule has 128 valence electrons. The molecule has 1 aliphatic carbocycles. The van der Waals surface area contributed by atoms with E-state index in [4.69, 9.17) is 0 Å². The van der Waals surface area contributed by atoms with Gasteiger partial charge in [0.2, 0.25) is 5.91 Å². The average molecular weight is 332 g/mol. The second-order valence-corrected chi connectivity index (χ2v) is 5.56. The minimum Gasteiger partial charge on any atom is -0.481 e. The van der Waals surface area contributed by atoms with E-state index in [2.05, 4.69) is 10.1 Å². The molecule has 1 aliphatic rings. The minimum atomic E-state index is -0.963. The summed E-state index contributed by atoms with van der Waals surface area (Å²) >= 11 is 0. The molecular weight excluding hydrogens is 312 g/mol. The summed E-state index contributed by atoms with van der Waals surface area (Å²) in [5.74, 6) is -2.58. The summed E-state index contributed by atoms with van der Waals surface area (Å²) < 4.78 is 4.63. The van der Waals surface area contributed by atoms with Gasteiger partial charge >= 0.3 is 12.1 Å². The van der Waals surface area contributed by atoms with Crippen molar-refractivity contribution in [3.05, 3.63) is 36.4 Å². The first-order valence-electron chi connectivity index (χ1n) is 7.54. The van der Waals surface area contributed by atoms with E-state index in [1.165, 1.54) is 12.0 Å². The van der Waals surface area contributed by atoms with E-state index in [1.54, 1.807) is 37.4 Å². The molecule has 24 heavy (non-hydrogen) atoms. The standard InChI is InChI=1S/C17H20N2O5/c1-19(17(23)24-2)12-9-7-11(8-10-12)18-15(20)13-5-3-4-6-14(13)16(21)22/h3-4,7-10,13-14H,5-6H2,1-2H3,(H,18,20)(H,21,22)/t13-,14+/m1/s1. The number of amides is 2. The van der Waals surface area contributed by atoms with Crippen molar-refractivity contribution in [3.63, 3.8) is 0 Å². The number of aliphatic carboxylic acids is 1. The van der Waals surface area contributed by atoms with Crippen molar-refractivity contribution < 1.29 is 24.2 Å². The Balaban J connectivity index is 2.05. The number of carbonyl (C=O) groups is 3. The minimum absolute atomic E-state index is 0.319. The number of nitrogens with zero attached hydrogens (tertiary/aromatic N) is 1. The van der Waals surface area contributed by atoms with Gasteiger partial charge in [0.25, 0.3) is 0 Å². The third-order valence-corrected chi connectivity index (χ3v) is 4.06. The molecule has 0 bridgehead atoms. The van der Waals surface area contributed by atoms with Crippen LogP contribution in [0.1, 0.15) is 12.8 Å². The Morgan fingerprint density at radius 2 is 1.71 bits per heavy atom. The quantitative estimate of drug-likeness (QED) is 0.826. The Labute approximate surface area is 139 Å². The highest BCUT2D eigenvalue weighted by Gasteiger charge is 2.33. The van der Waals surface area contributed by atoms with Crippen molar-refractivity contribution in [3.8, 4) is 0 Å². The molecule has 0 fully saturated rings. The molecule has 0 saturated carbocycles. The maximum Gasteiger partial charge on any atom is 0.413 e. The van der Waals surface area contributed by atoms with Crippen LogP contribution in [0.4, 0.5) is 16.2 Å². The molecule has 2 amide bonds. The topological polar surface area (TPSA) is 95.9 Å². The summed E-state index contributed by atoms with van der Waals surface area (Å²) in [4.78, 5) is 36.4. The molecule has 2 rings (SSSR count). The van der Waals surface area contributed by atoms with Crippen LogP contribution >= 0.6 is 0 Å². The Hall–Kier alpha value is -2.83. The second kappa shape index (κ2) is 7.63. The number of carboxylic acids is 1. The summed E-state index contributed by atoms with van der Waals surface area (Å²) in [5, 5.41) is 12.0. The zero-order valence-corrected chi connectivity index (χ0v) is 13.6. The fraction of sp³-hybridized carbons (Fsp3) is 0.353. The summed E-state index contributed by atoms with van der Waals surface area (Å²) in [7, 11) is 2.87. The van der Waals surface area contributed by atoms with Crippen LogP contribution in [-0.2, 0) is 14.3 Å². The molecule has 0 heterocycles. The van der Waals surface area contributed by atoms with Gasteiger partial charge in [-0.15, -0.1) is 0 Å². The van der Waals surface area contributed by atoms with Crippen molar-refractivity contribution >= 4 is 29.3 Å². The fourth-order valence-corrected chi connectivity index (χ4v) is 2.62. The number of benzene rings is 1. The number of hydrogen-bond donors (Lipinski definition) is 2. The van der Waals surface area contributed by atoms with Crippen molar-refractivity contribution in [2.45, 2.75) is 12.8 Å². The van der Waals surface area contributed by atoms with Gasteiger partial charge in [-0.25, -0.2) is 4.79 Å². The fourth-order valence-electron chi connectivity index (χ4n) is 2.62. The van der Waals surface area contributed by atoms with Crippen LogP contribution in [0.5, 0.6) is 0 Å². The number of methoxy groups -OCH3 is 1. The van der Waals surface area contributed by atoms with E-state index in [0.717, 1.165) is 0 Å². The first-order valence-corrected chi connectivity index (χ1v) is 7.54. The number of rotatable bonds is 4. The molecule has 0 aliphatic heterocycles. The molecule has 7 nitrogen and oxygen atoms in total. The van der Waals surface area contributed by atoms with E-state index in [1.807, 2.05) is 6.08 Å². The van der Waals surface area contributed by atoms with Gasteiger partial charge in [0, 0.05) is 18.4 Å². The Morgan fingerprint density at radius 3 is 2.25 bits per heavy atom. The van der Waals surface area contributed by atoms with Gasteiger partial charge in [0.1, 0.15) is 0 Å². The monoisotopic (exact) mass is 332 g/mol. The van der Waals surface area contributed by atoms with Gasteiger partial charge in [-0.05, 0) is 37.1 Å². The molecule has 0 unspecified atom stereocenters. The lowest BCUT2D eigenvalue weighted by Gasteiger charge is -2.24. The van der Waals surface area contributed by atoms with E-state index < -0.39 is 23.9 Å². The summed E-state index contributed by atoms with van der Waals surface area (Å²) in [6.07, 6.45) is 3.89. The third kappa shape index (κ3) is 3.92. The molecule has 1 aromatic carbocycles. The highest BCUT2D eigenvalue weighted by atomic mass is 16.5. The summed E-state index contributed by atoms with van der Waals surface area (Å²) in [5.41, 5.74) is 1.16. The molecule has 1 aromatic rings. The van der Waals surface area contributed by atoms with Gasteiger partial charge in [-0.3, -0.25) is 14.5 Å². The number of carbonyl (C=O) groups excluding carboxylic acids is 2. The lowest BCUT2D eigenvalue weighted by Crippen LogP contribution is -2.34. The molecule has 0 spiro atoms. The van der Waals surface area contributed by atoms with Crippen molar-refractivity contribution in [2.75, 3.05) is 24.4 Å². The zero-order valence-electron chi connectivity index (χ0n) is 13.6. The number of carboxylic acid groups (broad SMARTS) is 1. The van der Waals surface area contributed by atoms with Crippen molar-refractivity contribution in [2.24, 2.45) is 11.8 Å². The first-order chi connectivity index (χ1) is 11.4. The normalized spacial score (nSPS) is 19.4. The van der Waals surface area contributed by atoms with Crippen molar-refractivity contribution in [1.82, 2.24) is 0 Å². The SMILES string of the molecule is COC(=O)N(C)c1ccc(NC(=O)[C@@H]2CC=CC[C@@H]2C(=O)O)cc1. The van der Waals surface area contributed by atoms with Gasteiger partial charge in [-0.2, -0.15) is 0 Å². The largest absolute Gasteiger partial charge is 0.481 e. The maximum absolute atomic E-state index is 12.4. The molecule has 2 atom stereocenters. The van der Waals surface area contributed by atoms with Crippen LogP contribution < -0.4 is 10.2 Å². The van der Waals surface area contributed by atoms with Crippen LogP contribution in [0.15, 0.2) is 36.4 Å². The zero-order chi connectivity index (χ0) is 17.7. The highest BCUT2D eigenvalue weighted by Crippen LogP contribution is 2.27. The summed E-state index contributed by atoms with van der Waals surface area (Å²) in [6, 6.07) is 6.65. The highest BCUT2D eigenvalue weighted by molar-refractivity contribution is 5.96. The Morgan fingerprint density at radius 1 is 1.12 bits per heavy atom. The van der Waals surface area contributed by atoms with E-state index in [0.29, 0.717) is 24.2 Å². The smallest absolute Gasteiger partial charge is 0.413 e. The molecule has 7 heteroatoms. The average Bonchev–Trinajstić information content (AvgIpc) is 2.61.